The summed E-state index contributed by atoms with van der Waals surface area (Å²) in [7, 11) is 0. The fourth-order valence-electron chi connectivity index (χ4n) is 1.11. The lowest BCUT2D eigenvalue weighted by molar-refractivity contribution is 0.282. The van der Waals surface area contributed by atoms with Crippen molar-refractivity contribution < 1.29 is 5.11 Å². The van der Waals surface area contributed by atoms with Gasteiger partial charge in [0, 0.05) is 11.3 Å². The molecule has 0 aliphatic rings. The first-order chi connectivity index (χ1) is 6.13. The number of nitrogens with one attached hydrogen (secondary N) is 1. The minimum Gasteiger partial charge on any atom is -0.392 e. The predicted molar refractivity (Wildman–Crippen MR) is 57.5 cm³/mol. The average Bonchev–Trinajstić information content (AvgIpc) is 2.07. The largest absolute Gasteiger partial charge is 0.392 e. The topological polar surface area (TPSA) is 58.3 Å². The second kappa shape index (κ2) is 4.20. The number of nitrogens with two attached hydrogens (primary N) is 1. The number of aryl methyl sites for hydroxylation is 1. The van der Waals surface area contributed by atoms with Gasteiger partial charge >= 0.3 is 0 Å². The summed E-state index contributed by atoms with van der Waals surface area (Å²) < 4.78 is 0. The molecule has 1 aromatic carbocycles. The van der Waals surface area contributed by atoms with Gasteiger partial charge in [0.1, 0.15) is 0 Å². The number of aliphatic hydroxyl groups is 1. The van der Waals surface area contributed by atoms with E-state index in [2.05, 4.69) is 5.32 Å². The highest BCUT2D eigenvalue weighted by molar-refractivity contribution is 7.80. The first kappa shape index (κ1) is 9.95. The van der Waals surface area contributed by atoms with Gasteiger partial charge in [-0.2, -0.15) is 0 Å². The van der Waals surface area contributed by atoms with E-state index in [1.54, 1.807) is 0 Å². The third-order valence-electron chi connectivity index (χ3n) is 1.69. The number of hydrogen-bond acceptors (Lipinski definition) is 2. The Kier molecular flexibility index (Phi) is 3.22. The van der Waals surface area contributed by atoms with Crippen LogP contribution in [0.1, 0.15) is 11.1 Å². The summed E-state index contributed by atoms with van der Waals surface area (Å²) in [5.41, 5.74) is 7.98. The Hall–Kier alpha value is -1.13. The van der Waals surface area contributed by atoms with Crippen molar-refractivity contribution in [3.05, 3.63) is 29.3 Å². The van der Waals surface area contributed by atoms with Crippen LogP contribution in [0, 0.1) is 6.92 Å². The summed E-state index contributed by atoms with van der Waals surface area (Å²) in [5.74, 6) is 0. The zero-order chi connectivity index (χ0) is 9.84. The van der Waals surface area contributed by atoms with Crippen LogP contribution in [0.2, 0.25) is 0 Å². The summed E-state index contributed by atoms with van der Waals surface area (Å²) >= 11 is 4.70. The van der Waals surface area contributed by atoms with E-state index >= 15 is 0 Å². The second-order valence-corrected chi connectivity index (χ2v) is 3.25. The Labute approximate surface area is 82.6 Å². The van der Waals surface area contributed by atoms with Gasteiger partial charge in [-0.3, -0.25) is 0 Å². The molecule has 70 valence electrons. The molecule has 0 atom stereocenters. The van der Waals surface area contributed by atoms with Gasteiger partial charge < -0.3 is 16.2 Å². The van der Waals surface area contributed by atoms with Crippen molar-refractivity contribution in [3.8, 4) is 0 Å². The highest BCUT2D eigenvalue weighted by atomic mass is 32.1. The zero-order valence-electron chi connectivity index (χ0n) is 7.37. The standard InChI is InChI=1S/C9H12N2OS/c1-6-2-3-8(11-9(10)13)7(4-6)5-12/h2-4,12H,5H2,1H3,(H3,10,11,13). The molecule has 0 saturated heterocycles. The molecular formula is C9H12N2OS. The van der Waals surface area contributed by atoms with Crippen LogP contribution in [-0.2, 0) is 6.61 Å². The molecular weight excluding hydrogens is 184 g/mol. The predicted octanol–water partition coefficient (Wildman–Crippen LogP) is 1.14. The van der Waals surface area contributed by atoms with Gasteiger partial charge in [-0.1, -0.05) is 17.7 Å². The maximum atomic E-state index is 9.03. The highest BCUT2D eigenvalue weighted by Gasteiger charge is 2.01. The number of thiocarbonyl (C=S) groups is 1. The Morgan fingerprint density at radius 1 is 1.62 bits per heavy atom. The van der Waals surface area contributed by atoms with Crippen molar-refractivity contribution >= 4 is 23.0 Å². The van der Waals surface area contributed by atoms with E-state index in [1.165, 1.54) is 0 Å². The molecule has 0 amide bonds. The van der Waals surface area contributed by atoms with Crippen molar-refractivity contribution in [3.63, 3.8) is 0 Å². The van der Waals surface area contributed by atoms with Crippen molar-refractivity contribution in [2.75, 3.05) is 5.32 Å². The molecule has 0 aromatic heterocycles. The van der Waals surface area contributed by atoms with Gasteiger partial charge in [-0.05, 0) is 25.2 Å². The van der Waals surface area contributed by atoms with Crippen LogP contribution < -0.4 is 11.1 Å². The zero-order valence-corrected chi connectivity index (χ0v) is 8.19. The van der Waals surface area contributed by atoms with Gasteiger partial charge in [0.05, 0.1) is 6.61 Å². The average molecular weight is 196 g/mol. The smallest absolute Gasteiger partial charge is 0.168 e. The highest BCUT2D eigenvalue weighted by Crippen LogP contribution is 2.16. The molecule has 4 N–H and O–H groups in total. The lowest BCUT2D eigenvalue weighted by atomic mass is 10.1. The number of anilines is 1. The minimum atomic E-state index is -0.0212. The summed E-state index contributed by atoms with van der Waals surface area (Å²) in [6.45, 7) is 1.94. The molecule has 0 radical (unpaired) electrons. The van der Waals surface area contributed by atoms with E-state index in [1.807, 2.05) is 25.1 Å². The molecule has 0 unspecified atom stereocenters. The maximum Gasteiger partial charge on any atom is 0.168 e. The first-order valence-electron chi connectivity index (χ1n) is 3.90. The quantitative estimate of drug-likeness (QED) is 0.621. The lowest BCUT2D eigenvalue weighted by Crippen LogP contribution is -2.19. The molecule has 0 aliphatic carbocycles. The summed E-state index contributed by atoms with van der Waals surface area (Å²) in [4.78, 5) is 0. The molecule has 13 heavy (non-hydrogen) atoms. The van der Waals surface area contributed by atoms with E-state index in [-0.39, 0.29) is 11.7 Å². The molecule has 0 spiro atoms. The number of rotatable bonds is 2. The molecule has 3 nitrogen and oxygen atoms in total. The maximum absolute atomic E-state index is 9.03. The first-order valence-corrected chi connectivity index (χ1v) is 4.31. The van der Waals surface area contributed by atoms with Crippen LogP contribution in [0.4, 0.5) is 5.69 Å². The Balaban J connectivity index is 2.99. The van der Waals surface area contributed by atoms with Gasteiger partial charge in [0.2, 0.25) is 0 Å². The number of benzene rings is 1. The Bertz CT molecular complexity index is 325. The fraction of sp³-hybridized carbons (Fsp3) is 0.222. The van der Waals surface area contributed by atoms with Crippen molar-refractivity contribution in [1.82, 2.24) is 0 Å². The summed E-state index contributed by atoms with van der Waals surface area (Å²) in [6.07, 6.45) is 0. The molecule has 0 aliphatic heterocycles. The third kappa shape index (κ3) is 2.68. The summed E-state index contributed by atoms with van der Waals surface area (Å²) in [5, 5.41) is 12.0. The molecule has 0 fully saturated rings. The SMILES string of the molecule is Cc1ccc(NC(N)=S)c(CO)c1. The van der Waals surface area contributed by atoms with Crippen LogP contribution >= 0.6 is 12.2 Å². The Morgan fingerprint density at radius 2 is 2.31 bits per heavy atom. The molecule has 0 heterocycles. The van der Waals surface area contributed by atoms with E-state index in [0.29, 0.717) is 0 Å². The normalized spacial score (nSPS) is 9.69. The molecule has 0 bridgehead atoms. The summed E-state index contributed by atoms with van der Waals surface area (Å²) in [6, 6.07) is 5.67. The van der Waals surface area contributed by atoms with Gasteiger partial charge in [0.15, 0.2) is 5.11 Å². The van der Waals surface area contributed by atoms with Crippen LogP contribution in [0.5, 0.6) is 0 Å². The number of aliphatic hydroxyl groups excluding tert-OH is 1. The van der Waals surface area contributed by atoms with E-state index in [9.17, 15) is 0 Å². The lowest BCUT2D eigenvalue weighted by Gasteiger charge is -2.09. The molecule has 4 heteroatoms. The van der Waals surface area contributed by atoms with Gasteiger partial charge in [0.25, 0.3) is 0 Å². The molecule has 0 saturated carbocycles. The Morgan fingerprint density at radius 3 is 2.85 bits per heavy atom. The van der Waals surface area contributed by atoms with Crippen molar-refractivity contribution in [2.45, 2.75) is 13.5 Å². The van der Waals surface area contributed by atoms with E-state index < -0.39 is 0 Å². The third-order valence-corrected chi connectivity index (χ3v) is 1.79. The van der Waals surface area contributed by atoms with Crippen molar-refractivity contribution in [1.29, 1.82) is 0 Å². The molecule has 1 aromatic rings. The van der Waals surface area contributed by atoms with Gasteiger partial charge in [-0.15, -0.1) is 0 Å². The fourth-order valence-corrected chi connectivity index (χ4v) is 1.22. The van der Waals surface area contributed by atoms with Gasteiger partial charge in [-0.25, -0.2) is 0 Å². The van der Waals surface area contributed by atoms with E-state index in [0.717, 1.165) is 16.8 Å². The molecule has 1 rings (SSSR count). The number of hydrogen-bond donors (Lipinski definition) is 3. The van der Waals surface area contributed by atoms with Crippen LogP contribution in [0.15, 0.2) is 18.2 Å². The van der Waals surface area contributed by atoms with Crippen LogP contribution in [0.25, 0.3) is 0 Å². The minimum absolute atomic E-state index is 0.0212. The van der Waals surface area contributed by atoms with E-state index in [4.69, 9.17) is 23.1 Å². The van der Waals surface area contributed by atoms with Crippen LogP contribution in [0.3, 0.4) is 0 Å². The second-order valence-electron chi connectivity index (χ2n) is 2.81. The van der Waals surface area contributed by atoms with Crippen molar-refractivity contribution in [2.24, 2.45) is 5.73 Å². The van der Waals surface area contributed by atoms with Crippen LogP contribution in [-0.4, -0.2) is 10.2 Å². The monoisotopic (exact) mass is 196 g/mol.